The Morgan fingerprint density at radius 1 is 1.31 bits per heavy atom. The second-order valence-corrected chi connectivity index (χ2v) is 3.70. The summed E-state index contributed by atoms with van der Waals surface area (Å²) in [6.07, 6.45) is 0.689. The highest BCUT2D eigenvalue weighted by Gasteiger charge is 2.25. The molecule has 2 atom stereocenters. The quantitative estimate of drug-likeness (QED) is 0.776. The third kappa shape index (κ3) is 3.07. The van der Waals surface area contributed by atoms with Gasteiger partial charge in [-0.1, -0.05) is 37.3 Å². The van der Waals surface area contributed by atoms with Gasteiger partial charge in [-0.25, -0.2) is 0 Å². The summed E-state index contributed by atoms with van der Waals surface area (Å²) in [7, 11) is 0. The normalized spacial score (nSPS) is 14.2. The van der Waals surface area contributed by atoms with Gasteiger partial charge in [-0.3, -0.25) is 4.79 Å². The van der Waals surface area contributed by atoms with E-state index in [1.54, 1.807) is 6.92 Å². The number of hydrogen-bond donors (Lipinski definition) is 1. The first-order valence-electron chi connectivity index (χ1n) is 5.67. The van der Waals surface area contributed by atoms with Crippen LogP contribution in [0.2, 0.25) is 0 Å². The molecule has 0 amide bonds. The second-order valence-electron chi connectivity index (χ2n) is 3.70. The summed E-state index contributed by atoms with van der Waals surface area (Å²) in [5, 5.41) is 0. The molecule has 0 radical (unpaired) electrons. The van der Waals surface area contributed by atoms with E-state index in [4.69, 9.17) is 10.5 Å². The molecule has 0 aliphatic carbocycles. The number of nitrogens with two attached hydrogens (primary N) is 1. The van der Waals surface area contributed by atoms with Crippen LogP contribution in [0.5, 0.6) is 0 Å². The third-order valence-corrected chi connectivity index (χ3v) is 2.65. The Labute approximate surface area is 96.6 Å². The van der Waals surface area contributed by atoms with Crippen molar-refractivity contribution in [2.45, 2.75) is 26.3 Å². The average molecular weight is 221 g/mol. The van der Waals surface area contributed by atoms with Crippen molar-refractivity contribution in [1.29, 1.82) is 0 Å². The summed E-state index contributed by atoms with van der Waals surface area (Å²) in [4.78, 5) is 11.7. The minimum Gasteiger partial charge on any atom is -0.466 e. The topological polar surface area (TPSA) is 52.3 Å². The minimum atomic E-state index is -0.287. The van der Waals surface area contributed by atoms with Crippen LogP contribution in [0.15, 0.2) is 30.3 Å². The molecule has 1 aromatic carbocycles. The maximum atomic E-state index is 11.7. The zero-order valence-corrected chi connectivity index (χ0v) is 9.85. The summed E-state index contributed by atoms with van der Waals surface area (Å²) in [5.41, 5.74) is 7.05. The Morgan fingerprint density at radius 3 is 2.44 bits per heavy atom. The summed E-state index contributed by atoms with van der Waals surface area (Å²) in [6, 6.07) is 9.37. The zero-order valence-electron chi connectivity index (χ0n) is 9.85. The van der Waals surface area contributed by atoms with E-state index in [-0.39, 0.29) is 17.9 Å². The van der Waals surface area contributed by atoms with Crippen molar-refractivity contribution in [2.75, 3.05) is 6.61 Å². The molecular weight excluding hydrogens is 202 g/mol. The van der Waals surface area contributed by atoms with Crippen LogP contribution in [0.25, 0.3) is 0 Å². The molecule has 2 N–H and O–H groups in total. The van der Waals surface area contributed by atoms with Crippen LogP contribution in [0, 0.1) is 5.92 Å². The molecule has 1 unspecified atom stereocenters. The van der Waals surface area contributed by atoms with Crippen molar-refractivity contribution >= 4 is 5.97 Å². The van der Waals surface area contributed by atoms with Crippen molar-refractivity contribution in [3.05, 3.63) is 35.9 Å². The smallest absolute Gasteiger partial charge is 0.310 e. The van der Waals surface area contributed by atoms with E-state index in [2.05, 4.69) is 0 Å². The second kappa shape index (κ2) is 6.28. The molecule has 0 saturated carbocycles. The van der Waals surface area contributed by atoms with Crippen molar-refractivity contribution in [3.8, 4) is 0 Å². The molecule has 0 aliphatic rings. The van der Waals surface area contributed by atoms with Gasteiger partial charge in [-0.2, -0.15) is 0 Å². The molecule has 0 saturated heterocycles. The standard InChI is InChI=1S/C13H19NO2/c1-3-11(13(15)16-4-2)12(14)10-8-6-5-7-9-10/h5-9,11-12H,3-4,14H2,1-2H3/t11-,12?/m0/s1. The fraction of sp³-hybridized carbons (Fsp3) is 0.462. The van der Waals surface area contributed by atoms with Crippen LogP contribution < -0.4 is 5.73 Å². The molecule has 0 fully saturated rings. The Hall–Kier alpha value is -1.35. The first kappa shape index (κ1) is 12.7. The van der Waals surface area contributed by atoms with Gasteiger partial charge in [0.05, 0.1) is 12.5 Å². The number of esters is 1. The summed E-state index contributed by atoms with van der Waals surface area (Å²) < 4.78 is 5.02. The lowest BCUT2D eigenvalue weighted by Gasteiger charge is -2.21. The van der Waals surface area contributed by atoms with Crippen LogP contribution in [0.1, 0.15) is 31.9 Å². The van der Waals surface area contributed by atoms with Crippen LogP contribution in [0.4, 0.5) is 0 Å². The van der Waals surface area contributed by atoms with Crippen molar-refractivity contribution in [2.24, 2.45) is 11.7 Å². The summed E-state index contributed by atoms with van der Waals surface area (Å²) in [6.45, 7) is 4.15. The number of ether oxygens (including phenoxy) is 1. The minimum absolute atomic E-state index is 0.207. The number of benzene rings is 1. The fourth-order valence-corrected chi connectivity index (χ4v) is 1.72. The molecule has 0 aromatic heterocycles. The predicted octanol–water partition coefficient (Wildman–Crippen LogP) is 2.28. The van der Waals surface area contributed by atoms with Gasteiger partial charge in [0.1, 0.15) is 0 Å². The van der Waals surface area contributed by atoms with Crippen molar-refractivity contribution in [3.63, 3.8) is 0 Å². The average Bonchev–Trinajstić information content (AvgIpc) is 2.31. The Bertz CT molecular complexity index is 324. The van der Waals surface area contributed by atoms with Gasteiger partial charge < -0.3 is 10.5 Å². The number of carbonyl (C=O) groups is 1. The van der Waals surface area contributed by atoms with Gasteiger partial charge in [-0.05, 0) is 18.9 Å². The van der Waals surface area contributed by atoms with Gasteiger partial charge in [-0.15, -0.1) is 0 Å². The van der Waals surface area contributed by atoms with Crippen LogP contribution in [-0.4, -0.2) is 12.6 Å². The van der Waals surface area contributed by atoms with Gasteiger partial charge >= 0.3 is 5.97 Å². The van der Waals surface area contributed by atoms with Crippen molar-refractivity contribution in [1.82, 2.24) is 0 Å². The van der Waals surface area contributed by atoms with E-state index in [1.165, 1.54) is 0 Å². The highest BCUT2D eigenvalue weighted by molar-refractivity contribution is 5.73. The summed E-state index contributed by atoms with van der Waals surface area (Å²) in [5.74, 6) is -0.469. The molecule has 0 spiro atoms. The van der Waals surface area contributed by atoms with E-state index in [0.717, 1.165) is 5.56 Å². The molecule has 0 heterocycles. The maximum absolute atomic E-state index is 11.7. The van der Waals surface area contributed by atoms with E-state index in [9.17, 15) is 4.79 Å². The van der Waals surface area contributed by atoms with Crippen LogP contribution >= 0.6 is 0 Å². The predicted molar refractivity (Wildman–Crippen MR) is 63.8 cm³/mol. The van der Waals surface area contributed by atoms with Gasteiger partial charge in [0.2, 0.25) is 0 Å². The van der Waals surface area contributed by atoms with Crippen LogP contribution in [0.3, 0.4) is 0 Å². The van der Waals surface area contributed by atoms with E-state index in [0.29, 0.717) is 13.0 Å². The number of rotatable bonds is 5. The molecule has 16 heavy (non-hydrogen) atoms. The SMILES string of the molecule is CCOC(=O)[C@@H](CC)C(N)c1ccccc1. The van der Waals surface area contributed by atoms with Crippen molar-refractivity contribution < 1.29 is 9.53 Å². The van der Waals surface area contributed by atoms with Gasteiger partial charge in [0.15, 0.2) is 0 Å². The molecular formula is C13H19NO2. The lowest BCUT2D eigenvalue weighted by Crippen LogP contribution is -2.29. The Balaban J connectivity index is 2.77. The molecule has 3 nitrogen and oxygen atoms in total. The lowest BCUT2D eigenvalue weighted by molar-refractivity contribution is -0.148. The Kier molecular flexibility index (Phi) is 4.99. The van der Waals surface area contributed by atoms with Gasteiger partial charge in [0.25, 0.3) is 0 Å². The van der Waals surface area contributed by atoms with Crippen LogP contribution in [-0.2, 0) is 9.53 Å². The zero-order chi connectivity index (χ0) is 12.0. The van der Waals surface area contributed by atoms with Gasteiger partial charge in [0, 0.05) is 6.04 Å². The maximum Gasteiger partial charge on any atom is 0.310 e. The first-order chi connectivity index (χ1) is 7.70. The fourth-order valence-electron chi connectivity index (χ4n) is 1.72. The largest absolute Gasteiger partial charge is 0.466 e. The monoisotopic (exact) mass is 221 g/mol. The molecule has 0 aliphatic heterocycles. The van der Waals surface area contributed by atoms with E-state index < -0.39 is 0 Å². The number of hydrogen-bond acceptors (Lipinski definition) is 3. The molecule has 3 heteroatoms. The highest BCUT2D eigenvalue weighted by atomic mass is 16.5. The molecule has 0 bridgehead atoms. The van der Waals surface area contributed by atoms with E-state index in [1.807, 2.05) is 37.3 Å². The number of carbonyl (C=O) groups excluding carboxylic acids is 1. The Morgan fingerprint density at radius 2 is 1.94 bits per heavy atom. The highest BCUT2D eigenvalue weighted by Crippen LogP contribution is 2.23. The van der Waals surface area contributed by atoms with E-state index >= 15 is 0 Å². The molecule has 1 aromatic rings. The summed E-state index contributed by atoms with van der Waals surface area (Å²) >= 11 is 0. The molecule has 1 rings (SSSR count). The molecule has 88 valence electrons. The third-order valence-electron chi connectivity index (χ3n) is 2.65. The first-order valence-corrected chi connectivity index (χ1v) is 5.67. The lowest BCUT2D eigenvalue weighted by atomic mass is 9.92.